The number of rotatable bonds is 5. The highest BCUT2D eigenvalue weighted by Gasteiger charge is 2.24. The van der Waals surface area contributed by atoms with E-state index in [0.29, 0.717) is 12.5 Å². The molecule has 126 valence electrons. The molecule has 3 heteroatoms. The van der Waals surface area contributed by atoms with Gasteiger partial charge in [-0.25, -0.2) is 0 Å². The molecule has 24 heavy (non-hydrogen) atoms. The number of benzene rings is 2. The Morgan fingerprint density at radius 3 is 2.42 bits per heavy atom. The third kappa shape index (κ3) is 3.51. The number of para-hydroxylation sites is 1. The van der Waals surface area contributed by atoms with Gasteiger partial charge in [0.1, 0.15) is 0 Å². The highest BCUT2D eigenvalue weighted by Crippen LogP contribution is 2.27. The molecule has 1 aliphatic heterocycles. The molecule has 1 heterocycles. The Kier molecular flexibility index (Phi) is 5.00. The summed E-state index contributed by atoms with van der Waals surface area (Å²) in [5.74, 6) is 0.685. The first-order valence-corrected chi connectivity index (χ1v) is 8.78. The minimum absolute atomic E-state index is 0.144. The minimum atomic E-state index is 0.144. The van der Waals surface area contributed by atoms with Crippen LogP contribution >= 0.6 is 0 Å². The summed E-state index contributed by atoms with van der Waals surface area (Å²) in [5.41, 5.74) is 4.89. The quantitative estimate of drug-likeness (QED) is 0.900. The van der Waals surface area contributed by atoms with E-state index >= 15 is 0 Å². The van der Waals surface area contributed by atoms with Gasteiger partial charge in [0, 0.05) is 18.3 Å². The number of amides is 1. The summed E-state index contributed by atoms with van der Waals surface area (Å²) in [7, 11) is 0. The van der Waals surface area contributed by atoms with Crippen LogP contribution in [0.2, 0.25) is 0 Å². The number of hydrogen-bond donors (Lipinski definition) is 1. The average Bonchev–Trinajstić information content (AvgIpc) is 3.03. The molecule has 1 aliphatic rings. The first-order chi connectivity index (χ1) is 11.6. The van der Waals surface area contributed by atoms with Crippen molar-refractivity contribution in [2.24, 2.45) is 0 Å². The molecule has 0 spiro atoms. The first kappa shape index (κ1) is 16.7. The summed E-state index contributed by atoms with van der Waals surface area (Å²) in [6.07, 6.45) is 0.953. The van der Waals surface area contributed by atoms with Gasteiger partial charge in [0.2, 0.25) is 5.91 Å². The fourth-order valence-corrected chi connectivity index (χ4v) is 3.22. The molecule has 1 atom stereocenters. The van der Waals surface area contributed by atoms with Crippen molar-refractivity contribution in [3.63, 3.8) is 0 Å². The zero-order valence-corrected chi connectivity index (χ0v) is 14.8. The predicted octanol–water partition coefficient (Wildman–Crippen LogP) is 4.05. The van der Waals surface area contributed by atoms with Crippen LogP contribution in [0.5, 0.6) is 0 Å². The van der Waals surface area contributed by atoms with Gasteiger partial charge in [-0.1, -0.05) is 56.3 Å². The zero-order chi connectivity index (χ0) is 17.1. The van der Waals surface area contributed by atoms with Crippen molar-refractivity contribution in [2.45, 2.75) is 39.2 Å². The van der Waals surface area contributed by atoms with E-state index in [2.05, 4.69) is 56.4 Å². The van der Waals surface area contributed by atoms with Crippen molar-refractivity contribution in [2.75, 3.05) is 18.0 Å². The normalized spacial score (nSPS) is 14.8. The number of carbonyl (C=O) groups is 1. The molecule has 0 saturated carbocycles. The van der Waals surface area contributed by atoms with Crippen molar-refractivity contribution >= 4 is 11.6 Å². The summed E-state index contributed by atoms with van der Waals surface area (Å²) in [6.45, 7) is 7.65. The Morgan fingerprint density at radius 1 is 1.04 bits per heavy atom. The summed E-state index contributed by atoms with van der Waals surface area (Å²) < 4.78 is 0. The average molecular weight is 322 g/mol. The lowest BCUT2D eigenvalue weighted by Crippen LogP contribution is -2.38. The third-order valence-corrected chi connectivity index (χ3v) is 4.85. The van der Waals surface area contributed by atoms with Crippen LogP contribution in [0.4, 0.5) is 5.69 Å². The van der Waals surface area contributed by atoms with Crippen LogP contribution in [0, 0.1) is 0 Å². The Balaban J connectivity index is 1.58. The lowest BCUT2D eigenvalue weighted by molar-refractivity contribution is -0.117. The van der Waals surface area contributed by atoms with E-state index in [9.17, 15) is 4.79 Å². The minimum Gasteiger partial charge on any atom is -0.311 e. The summed E-state index contributed by atoms with van der Waals surface area (Å²) in [6, 6.07) is 17.0. The Hall–Kier alpha value is -2.13. The van der Waals surface area contributed by atoms with Crippen LogP contribution in [-0.4, -0.2) is 19.0 Å². The number of fused-ring (bicyclic) bond motifs is 1. The second kappa shape index (κ2) is 7.18. The number of carbonyl (C=O) groups excluding carboxylic acids is 1. The highest BCUT2D eigenvalue weighted by atomic mass is 16.2. The first-order valence-electron chi connectivity index (χ1n) is 8.78. The second-order valence-corrected chi connectivity index (χ2v) is 6.85. The molecule has 2 aromatic carbocycles. The number of hydrogen-bond acceptors (Lipinski definition) is 2. The van der Waals surface area contributed by atoms with E-state index in [1.165, 1.54) is 16.7 Å². The lowest BCUT2D eigenvalue weighted by atomic mass is 9.99. The highest BCUT2D eigenvalue weighted by molar-refractivity contribution is 5.96. The standard InChI is InChI=1S/C21H26N2O/c1-15(2)17-8-10-18(11-9-17)16(3)22-14-21(24)23-13-12-19-6-4-5-7-20(19)23/h4-11,15-16,22H,12-14H2,1-3H3/t16-/m0/s1. The summed E-state index contributed by atoms with van der Waals surface area (Å²) >= 11 is 0. The summed E-state index contributed by atoms with van der Waals surface area (Å²) in [5, 5.41) is 3.36. The van der Waals surface area contributed by atoms with Gasteiger partial charge in [0.05, 0.1) is 6.54 Å². The van der Waals surface area contributed by atoms with Gasteiger partial charge < -0.3 is 10.2 Å². The van der Waals surface area contributed by atoms with Crippen molar-refractivity contribution in [1.29, 1.82) is 0 Å². The second-order valence-electron chi connectivity index (χ2n) is 6.85. The Morgan fingerprint density at radius 2 is 1.71 bits per heavy atom. The molecule has 0 bridgehead atoms. The van der Waals surface area contributed by atoms with Crippen molar-refractivity contribution < 1.29 is 4.79 Å². The molecule has 3 rings (SSSR count). The van der Waals surface area contributed by atoms with Crippen molar-refractivity contribution in [3.8, 4) is 0 Å². The van der Waals surface area contributed by atoms with E-state index in [0.717, 1.165) is 18.7 Å². The topological polar surface area (TPSA) is 32.3 Å². The monoisotopic (exact) mass is 322 g/mol. The maximum absolute atomic E-state index is 12.6. The fraction of sp³-hybridized carbons (Fsp3) is 0.381. The van der Waals surface area contributed by atoms with Gasteiger partial charge in [-0.3, -0.25) is 4.79 Å². The van der Waals surface area contributed by atoms with Crippen molar-refractivity contribution in [1.82, 2.24) is 5.32 Å². The lowest BCUT2D eigenvalue weighted by Gasteiger charge is -2.20. The van der Waals surface area contributed by atoms with Crippen LogP contribution in [0.1, 0.15) is 49.4 Å². The van der Waals surface area contributed by atoms with Crippen LogP contribution in [0.3, 0.4) is 0 Å². The van der Waals surface area contributed by atoms with E-state index in [1.807, 2.05) is 23.1 Å². The molecule has 0 saturated heterocycles. The molecular weight excluding hydrogens is 296 g/mol. The van der Waals surface area contributed by atoms with Gasteiger partial charge in [-0.2, -0.15) is 0 Å². The van der Waals surface area contributed by atoms with E-state index in [1.54, 1.807) is 0 Å². The number of nitrogens with one attached hydrogen (secondary N) is 1. The molecule has 1 amide bonds. The zero-order valence-electron chi connectivity index (χ0n) is 14.8. The van der Waals surface area contributed by atoms with Crippen molar-refractivity contribution in [3.05, 3.63) is 65.2 Å². The van der Waals surface area contributed by atoms with Crippen LogP contribution in [0.25, 0.3) is 0 Å². The van der Waals surface area contributed by atoms with Crippen LogP contribution < -0.4 is 10.2 Å². The number of anilines is 1. The molecule has 3 nitrogen and oxygen atoms in total. The Bertz CT molecular complexity index is 706. The predicted molar refractivity (Wildman–Crippen MR) is 99.4 cm³/mol. The van der Waals surface area contributed by atoms with Gasteiger partial charge in [-0.15, -0.1) is 0 Å². The SMILES string of the molecule is CC(C)c1ccc([C@H](C)NCC(=O)N2CCc3ccccc32)cc1. The molecule has 0 aromatic heterocycles. The number of nitrogens with zero attached hydrogens (tertiary/aromatic N) is 1. The van der Waals surface area contributed by atoms with E-state index in [-0.39, 0.29) is 11.9 Å². The molecule has 0 fully saturated rings. The molecule has 0 unspecified atom stereocenters. The molecule has 0 radical (unpaired) electrons. The fourth-order valence-electron chi connectivity index (χ4n) is 3.22. The summed E-state index contributed by atoms with van der Waals surface area (Å²) in [4.78, 5) is 14.5. The molecule has 2 aromatic rings. The van der Waals surface area contributed by atoms with E-state index in [4.69, 9.17) is 0 Å². The largest absolute Gasteiger partial charge is 0.311 e. The molecule has 0 aliphatic carbocycles. The maximum Gasteiger partial charge on any atom is 0.240 e. The van der Waals surface area contributed by atoms with Gasteiger partial charge in [0.15, 0.2) is 0 Å². The van der Waals surface area contributed by atoms with Crippen LogP contribution in [-0.2, 0) is 11.2 Å². The smallest absolute Gasteiger partial charge is 0.240 e. The maximum atomic E-state index is 12.6. The third-order valence-electron chi connectivity index (χ3n) is 4.85. The molecule has 1 N–H and O–H groups in total. The van der Waals surface area contributed by atoms with E-state index < -0.39 is 0 Å². The molecular formula is C21H26N2O. The van der Waals surface area contributed by atoms with Gasteiger partial charge in [0.25, 0.3) is 0 Å². The Labute approximate surface area is 144 Å². The van der Waals surface area contributed by atoms with Gasteiger partial charge >= 0.3 is 0 Å². The van der Waals surface area contributed by atoms with Crippen LogP contribution in [0.15, 0.2) is 48.5 Å². The van der Waals surface area contributed by atoms with Gasteiger partial charge in [-0.05, 0) is 42.0 Å².